The molecule has 4 N–H and O–H groups in total. The van der Waals surface area contributed by atoms with Crippen LogP contribution in [0.3, 0.4) is 0 Å². The topological polar surface area (TPSA) is 314 Å². The molecule has 3 fully saturated rings. The van der Waals surface area contributed by atoms with Crippen molar-refractivity contribution in [2.24, 2.45) is 0 Å². The first-order valence-electron chi connectivity index (χ1n) is 18.1. The molecule has 0 aliphatic carbocycles. The highest BCUT2D eigenvalue weighted by molar-refractivity contribution is 9.09. The molecular formula is C29H55Br2Cl2N6O18PS3. The molecule has 3 rings (SSSR count). The summed E-state index contributed by atoms with van der Waals surface area (Å²) in [6.45, 7) is 4.59. The Morgan fingerprint density at radius 3 is 1.28 bits per heavy atom. The first kappa shape index (κ1) is 60.1. The van der Waals surface area contributed by atoms with Gasteiger partial charge in [-0.1, -0.05) is 31.9 Å². The molecule has 0 spiro atoms. The van der Waals surface area contributed by atoms with Crippen molar-refractivity contribution in [1.29, 1.82) is 0 Å². The standard InChI is InChI=1S/C12H22N2O8S2.C10H16Br2N2O2.C7H15Cl2N2O4P.H2O4S/c1-23(17,18)21-9-3-11(15)13-5-7-14(8-6-13)12(16)4-10-22-24(2,19)20;11-3-1-9(15)13-5-7-14(8-6-13)10(16)2-4-12;8-2-4-11(5-3-9)16(13)10-7(15-12)1-6-14-16;1-5(2,3)4/h3-10H2,1-2H3;1-8H2;7,12H,1-6H2,(H,10,13);(H2,1,2,3,4)/t;;7-,16-;/m..0./s1. The summed E-state index contributed by atoms with van der Waals surface area (Å²) in [6.07, 6.45) is 2.53. The summed E-state index contributed by atoms with van der Waals surface area (Å²) in [4.78, 5) is 57.8. The number of carbonyl (C=O) groups excluding carboxylic acids is 4. The zero-order valence-electron chi connectivity index (χ0n) is 33.5. The van der Waals surface area contributed by atoms with Crippen LogP contribution < -0.4 is 5.09 Å². The van der Waals surface area contributed by atoms with Gasteiger partial charge in [0.1, 0.15) is 0 Å². The molecule has 0 radical (unpaired) electrons. The SMILES string of the molecule is CS(=O)(=O)OCCC(=O)N1CCN(C(=O)CCOS(C)(=O)=O)CC1.O=C(CCBr)N1CCN(C(=O)CCBr)CC1.O=S(=O)(O)O.O=[P@@]1(N(CCCl)CCCl)N[C@@H](OO)CCO1. The van der Waals surface area contributed by atoms with E-state index in [-0.39, 0.29) is 56.3 Å². The summed E-state index contributed by atoms with van der Waals surface area (Å²) in [7, 11) is -15.0. The van der Waals surface area contributed by atoms with E-state index >= 15 is 0 Å². The Labute approximate surface area is 383 Å². The molecule has 3 aliphatic heterocycles. The maximum Gasteiger partial charge on any atom is 0.394 e. The molecule has 0 unspecified atom stereocenters. The molecule has 61 heavy (non-hydrogen) atoms. The number of hydrogen-bond donors (Lipinski definition) is 4. The fourth-order valence-corrected chi connectivity index (χ4v) is 9.26. The lowest BCUT2D eigenvalue weighted by molar-refractivity contribution is -0.286. The van der Waals surface area contributed by atoms with E-state index in [0.717, 1.165) is 12.5 Å². The molecule has 2 atom stereocenters. The predicted molar refractivity (Wildman–Crippen MR) is 230 cm³/mol. The lowest BCUT2D eigenvalue weighted by Gasteiger charge is -2.35. The lowest BCUT2D eigenvalue weighted by atomic mass is 10.2. The maximum atomic E-state index is 12.4. The number of nitrogens with one attached hydrogen (secondary N) is 1. The van der Waals surface area contributed by atoms with Crippen LogP contribution in [0, 0.1) is 0 Å². The van der Waals surface area contributed by atoms with Crippen LogP contribution in [-0.2, 0) is 72.2 Å². The largest absolute Gasteiger partial charge is 0.394 e. The third-order valence-corrected chi connectivity index (χ3v) is 12.6. The van der Waals surface area contributed by atoms with Gasteiger partial charge in [0, 0.05) is 107 Å². The third-order valence-electron chi connectivity index (χ3n) is 7.95. The van der Waals surface area contributed by atoms with Crippen molar-refractivity contribution < 1.29 is 81.1 Å². The van der Waals surface area contributed by atoms with Crippen LogP contribution in [0.2, 0.25) is 0 Å². The van der Waals surface area contributed by atoms with Crippen LogP contribution in [0.5, 0.6) is 0 Å². The molecule has 24 nitrogen and oxygen atoms in total. The van der Waals surface area contributed by atoms with E-state index in [4.69, 9.17) is 50.5 Å². The van der Waals surface area contributed by atoms with Gasteiger partial charge in [0.2, 0.25) is 23.6 Å². The van der Waals surface area contributed by atoms with Crippen molar-refractivity contribution in [2.75, 3.05) is 120 Å². The third kappa shape index (κ3) is 29.3. The van der Waals surface area contributed by atoms with E-state index in [2.05, 4.69) is 50.2 Å². The van der Waals surface area contributed by atoms with Gasteiger partial charge in [-0.3, -0.25) is 46.5 Å². The van der Waals surface area contributed by atoms with Gasteiger partial charge in [-0.05, 0) is 0 Å². The summed E-state index contributed by atoms with van der Waals surface area (Å²) in [5, 5.41) is 12.6. The van der Waals surface area contributed by atoms with E-state index in [9.17, 15) is 40.6 Å². The van der Waals surface area contributed by atoms with Gasteiger partial charge in [-0.2, -0.15) is 25.3 Å². The summed E-state index contributed by atoms with van der Waals surface area (Å²) in [5.74, 6) is 0.485. The Bertz CT molecular complexity index is 1630. The van der Waals surface area contributed by atoms with E-state index in [1.54, 1.807) is 0 Å². The number of hydrogen-bond acceptors (Lipinski definition) is 16. The molecule has 3 saturated heterocycles. The summed E-state index contributed by atoms with van der Waals surface area (Å²) < 4.78 is 103. The lowest BCUT2D eigenvalue weighted by Crippen LogP contribution is -2.50. The van der Waals surface area contributed by atoms with Gasteiger partial charge >= 0.3 is 18.1 Å². The minimum absolute atomic E-state index is 0.0524. The smallest absolute Gasteiger partial charge is 0.339 e. The zero-order chi connectivity index (χ0) is 46.9. The van der Waals surface area contributed by atoms with Gasteiger partial charge in [0.15, 0.2) is 6.23 Å². The molecule has 0 aromatic carbocycles. The van der Waals surface area contributed by atoms with Crippen molar-refractivity contribution in [1.82, 2.24) is 29.4 Å². The molecule has 0 aromatic heterocycles. The van der Waals surface area contributed by atoms with Gasteiger partial charge in [0.25, 0.3) is 20.2 Å². The quantitative estimate of drug-likeness (QED) is 0.0366. The summed E-state index contributed by atoms with van der Waals surface area (Å²) in [6, 6.07) is 0. The second-order valence-corrected chi connectivity index (χ2v) is 21.2. The Morgan fingerprint density at radius 1 is 0.705 bits per heavy atom. The average Bonchev–Trinajstić information content (AvgIpc) is 3.17. The van der Waals surface area contributed by atoms with Crippen LogP contribution in [0.25, 0.3) is 0 Å². The zero-order valence-corrected chi connectivity index (χ0v) is 41.5. The van der Waals surface area contributed by atoms with Crippen molar-refractivity contribution in [3.63, 3.8) is 0 Å². The Kier molecular flexibility index (Phi) is 30.7. The number of rotatable bonds is 18. The number of alkyl halides is 4. The minimum Gasteiger partial charge on any atom is -0.339 e. The molecule has 3 aliphatic rings. The van der Waals surface area contributed by atoms with E-state index in [0.29, 0.717) is 107 Å². The van der Waals surface area contributed by atoms with E-state index in [1.807, 2.05) is 9.80 Å². The first-order valence-corrected chi connectivity index (χ1v) is 28.1. The van der Waals surface area contributed by atoms with E-state index in [1.165, 1.54) is 14.5 Å². The van der Waals surface area contributed by atoms with Crippen LogP contribution in [0.1, 0.15) is 32.1 Å². The number of nitrogens with zero attached hydrogens (tertiary/aromatic N) is 5. The first-order chi connectivity index (χ1) is 28.3. The molecule has 32 heteroatoms. The molecule has 4 amide bonds. The molecule has 360 valence electrons. The number of halogens is 4. The normalized spacial score (nSPS) is 19.7. The second-order valence-electron chi connectivity index (χ2n) is 12.6. The molecule has 3 heterocycles. The maximum absolute atomic E-state index is 12.4. The fraction of sp³-hybridized carbons (Fsp3) is 0.862. The highest BCUT2D eigenvalue weighted by atomic mass is 79.9. The van der Waals surface area contributed by atoms with Gasteiger partial charge in [0.05, 0.1) is 45.2 Å². The summed E-state index contributed by atoms with van der Waals surface area (Å²) in [5.41, 5.74) is 0. The van der Waals surface area contributed by atoms with Crippen molar-refractivity contribution in [2.45, 2.75) is 38.3 Å². The van der Waals surface area contributed by atoms with Crippen LogP contribution in [-0.4, -0.2) is 214 Å². The van der Waals surface area contributed by atoms with Crippen molar-refractivity contribution >= 4 is 117 Å². The Hall–Kier alpha value is -0.860. The molecule has 0 saturated carbocycles. The van der Waals surface area contributed by atoms with Crippen LogP contribution >= 0.6 is 62.7 Å². The minimum atomic E-state index is -4.67. The second kappa shape index (κ2) is 31.1. The molecular weight excluding hydrogens is 1080 g/mol. The van der Waals surface area contributed by atoms with Crippen LogP contribution in [0.4, 0.5) is 0 Å². The predicted octanol–water partition coefficient (Wildman–Crippen LogP) is 0.664. The van der Waals surface area contributed by atoms with Gasteiger partial charge in [-0.25, -0.2) is 14.6 Å². The highest BCUT2D eigenvalue weighted by Crippen LogP contribution is 2.49. The monoisotopic (exact) mass is 1130 g/mol. The molecule has 0 aromatic rings. The number of piperazine rings is 2. The number of amides is 4. The Balaban J connectivity index is 0.000000859. The molecule has 0 bridgehead atoms. The number of carbonyl (C=O) groups is 4. The summed E-state index contributed by atoms with van der Waals surface area (Å²) >= 11 is 17.7. The van der Waals surface area contributed by atoms with E-state index < -0.39 is 44.5 Å². The van der Waals surface area contributed by atoms with Crippen molar-refractivity contribution in [3.05, 3.63) is 0 Å². The average molecular weight is 1130 g/mol. The van der Waals surface area contributed by atoms with Gasteiger partial charge < -0.3 is 24.1 Å². The van der Waals surface area contributed by atoms with Crippen LogP contribution in [0.15, 0.2) is 0 Å². The fourth-order valence-electron chi connectivity index (χ4n) is 5.14. The highest BCUT2D eigenvalue weighted by Gasteiger charge is 2.38. The van der Waals surface area contributed by atoms with Crippen molar-refractivity contribution in [3.8, 4) is 0 Å². The van der Waals surface area contributed by atoms with Gasteiger partial charge in [-0.15, -0.1) is 23.2 Å². The Morgan fingerprint density at radius 2 is 1.02 bits per heavy atom.